The van der Waals surface area contributed by atoms with Crippen molar-refractivity contribution in [1.29, 1.82) is 0 Å². The van der Waals surface area contributed by atoms with Crippen molar-refractivity contribution in [2.24, 2.45) is 0 Å². The SMILES string of the molecule is CO[C@@]12CC[C@H](O)C[C@@H]1N(C(=O)CN1CCc3ccccc3C1)CC2. The number of aliphatic hydroxyl groups excluding tert-OH is 1. The van der Waals surface area contributed by atoms with Crippen molar-refractivity contribution < 1.29 is 14.6 Å². The van der Waals surface area contributed by atoms with E-state index in [0.717, 1.165) is 45.3 Å². The van der Waals surface area contributed by atoms with E-state index in [-0.39, 0.29) is 23.7 Å². The van der Waals surface area contributed by atoms with E-state index in [9.17, 15) is 9.90 Å². The van der Waals surface area contributed by atoms with Gasteiger partial charge in [0.15, 0.2) is 0 Å². The molecule has 1 saturated heterocycles. The molecule has 25 heavy (non-hydrogen) atoms. The molecule has 0 radical (unpaired) electrons. The molecule has 5 heteroatoms. The Morgan fingerprint density at radius 1 is 1.28 bits per heavy atom. The van der Waals surface area contributed by atoms with Crippen molar-refractivity contribution in [2.45, 2.75) is 56.4 Å². The second-order valence-corrected chi connectivity index (χ2v) is 7.78. The molecule has 2 heterocycles. The molecule has 0 aromatic heterocycles. The zero-order chi connectivity index (χ0) is 17.4. The highest BCUT2D eigenvalue weighted by atomic mass is 16.5. The van der Waals surface area contributed by atoms with Crippen LogP contribution in [0.25, 0.3) is 0 Å². The minimum atomic E-state index is -0.316. The van der Waals surface area contributed by atoms with Gasteiger partial charge in [0, 0.05) is 26.7 Å². The van der Waals surface area contributed by atoms with Crippen LogP contribution in [0.1, 0.15) is 36.8 Å². The Labute approximate surface area is 149 Å². The highest BCUT2D eigenvalue weighted by Gasteiger charge is 2.52. The Morgan fingerprint density at radius 2 is 2.08 bits per heavy atom. The minimum Gasteiger partial charge on any atom is -0.393 e. The summed E-state index contributed by atoms with van der Waals surface area (Å²) in [6.45, 7) is 2.98. The van der Waals surface area contributed by atoms with Crippen molar-refractivity contribution in [3.63, 3.8) is 0 Å². The van der Waals surface area contributed by atoms with Crippen molar-refractivity contribution in [3.05, 3.63) is 35.4 Å². The molecule has 0 bridgehead atoms. The van der Waals surface area contributed by atoms with E-state index < -0.39 is 0 Å². The lowest BCUT2D eigenvalue weighted by Gasteiger charge is -2.42. The van der Waals surface area contributed by atoms with Gasteiger partial charge in [0.05, 0.1) is 24.3 Å². The summed E-state index contributed by atoms with van der Waals surface area (Å²) in [5.74, 6) is 0.178. The second-order valence-electron chi connectivity index (χ2n) is 7.78. The maximum Gasteiger partial charge on any atom is 0.237 e. The minimum absolute atomic E-state index is 0.0193. The molecular formula is C20H28N2O3. The van der Waals surface area contributed by atoms with Crippen molar-refractivity contribution in [2.75, 3.05) is 26.7 Å². The quantitative estimate of drug-likeness (QED) is 0.904. The molecule has 1 amide bonds. The number of hydrogen-bond donors (Lipinski definition) is 1. The van der Waals surface area contributed by atoms with E-state index in [1.54, 1.807) is 7.11 Å². The fourth-order valence-electron chi connectivity index (χ4n) is 4.95. The maximum atomic E-state index is 13.0. The van der Waals surface area contributed by atoms with Gasteiger partial charge in [-0.1, -0.05) is 24.3 Å². The molecular weight excluding hydrogens is 316 g/mol. The maximum absolute atomic E-state index is 13.0. The number of carbonyl (C=O) groups is 1. The lowest BCUT2D eigenvalue weighted by atomic mass is 9.79. The number of methoxy groups -OCH3 is 1. The zero-order valence-corrected chi connectivity index (χ0v) is 15.0. The summed E-state index contributed by atoms with van der Waals surface area (Å²) < 4.78 is 5.85. The van der Waals surface area contributed by atoms with Crippen LogP contribution in [0.15, 0.2) is 24.3 Å². The summed E-state index contributed by atoms with van der Waals surface area (Å²) in [5.41, 5.74) is 2.49. The predicted octanol–water partition coefficient (Wildman–Crippen LogP) is 1.58. The van der Waals surface area contributed by atoms with Crippen molar-refractivity contribution in [3.8, 4) is 0 Å². The highest BCUT2D eigenvalue weighted by molar-refractivity contribution is 5.79. The van der Waals surface area contributed by atoms with Gasteiger partial charge in [0.2, 0.25) is 5.91 Å². The molecule has 1 N–H and O–H groups in total. The van der Waals surface area contributed by atoms with E-state index in [4.69, 9.17) is 4.74 Å². The van der Waals surface area contributed by atoms with Crippen LogP contribution < -0.4 is 0 Å². The number of aliphatic hydroxyl groups is 1. The average molecular weight is 344 g/mol. The first-order valence-electron chi connectivity index (χ1n) is 9.43. The number of ether oxygens (including phenoxy) is 1. The molecule has 1 aromatic carbocycles. The van der Waals surface area contributed by atoms with E-state index in [1.165, 1.54) is 11.1 Å². The van der Waals surface area contributed by atoms with Gasteiger partial charge in [-0.3, -0.25) is 9.69 Å². The largest absolute Gasteiger partial charge is 0.393 e. The smallest absolute Gasteiger partial charge is 0.237 e. The summed E-state index contributed by atoms with van der Waals surface area (Å²) in [6.07, 6.45) is 3.83. The molecule has 4 rings (SSSR count). The van der Waals surface area contributed by atoms with Crippen LogP contribution in [0.5, 0.6) is 0 Å². The number of benzene rings is 1. The first kappa shape index (κ1) is 17.0. The summed E-state index contributed by atoms with van der Waals surface area (Å²) in [5, 5.41) is 10.1. The first-order chi connectivity index (χ1) is 12.1. The third kappa shape index (κ3) is 3.09. The molecule has 0 unspecified atom stereocenters. The fourth-order valence-corrected chi connectivity index (χ4v) is 4.95. The Balaban J connectivity index is 1.43. The predicted molar refractivity (Wildman–Crippen MR) is 95.1 cm³/mol. The molecule has 2 fully saturated rings. The van der Waals surface area contributed by atoms with Crippen molar-refractivity contribution >= 4 is 5.91 Å². The van der Waals surface area contributed by atoms with Gasteiger partial charge in [0.25, 0.3) is 0 Å². The number of likely N-dealkylation sites (tertiary alicyclic amines) is 1. The Kier molecular flexibility index (Phi) is 4.56. The number of nitrogens with zero attached hydrogens (tertiary/aromatic N) is 2. The molecule has 1 aromatic rings. The molecule has 5 nitrogen and oxygen atoms in total. The number of carbonyl (C=O) groups excluding carboxylic acids is 1. The highest BCUT2D eigenvalue weighted by Crippen LogP contribution is 2.42. The second kappa shape index (κ2) is 6.71. The van der Waals surface area contributed by atoms with Crippen LogP contribution in [-0.4, -0.2) is 65.3 Å². The Bertz CT molecular complexity index is 650. The molecule has 136 valence electrons. The van der Waals surface area contributed by atoms with Gasteiger partial charge in [-0.05, 0) is 43.2 Å². The molecule has 2 aliphatic heterocycles. The zero-order valence-electron chi connectivity index (χ0n) is 15.0. The van der Waals surface area contributed by atoms with Crippen LogP contribution in [0.2, 0.25) is 0 Å². The molecule has 3 aliphatic rings. The monoisotopic (exact) mass is 344 g/mol. The number of amides is 1. The average Bonchev–Trinajstić information content (AvgIpc) is 3.01. The van der Waals surface area contributed by atoms with Crippen LogP contribution in [0.3, 0.4) is 0 Å². The Morgan fingerprint density at radius 3 is 2.88 bits per heavy atom. The lowest BCUT2D eigenvalue weighted by molar-refractivity contribution is -0.141. The fraction of sp³-hybridized carbons (Fsp3) is 0.650. The Hall–Kier alpha value is -1.43. The van der Waals surface area contributed by atoms with Crippen LogP contribution in [-0.2, 0) is 22.5 Å². The van der Waals surface area contributed by atoms with Gasteiger partial charge >= 0.3 is 0 Å². The summed E-state index contributed by atoms with van der Waals surface area (Å²) in [7, 11) is 1.75. The number of rotatable bonds is 3. The normalized spacial score (nSPS) is 32.3. The van der Waals surface area contributed by atoms with E-state index in [2.05, 4.69) is 29.2 Å². The summed E-state index contributed by atoms with van der Waals surface area (Å²) in [6, 6.07) is 8.52. The van der Waals surface area contributed by atoms with Gasteiger partial charge in [-0.15, -0.1) is 0 Å². The van der Waals surface area contributed by atoms with Crippen LogP contribution >= 0.6 is 0 Å². The van der Waals surface area contributed by atoms with Gasteiger partial charge in [-0.25, -0.2) is 0 Å². The van der Waals surface area contributed by atoms with Crippen molar-refractivity contribution in [1.82, 2.24) is 9.80 Å². The number of hydrogen-bond acceptors (Lipinski definition) is 4. The standard InChI is InChI=1S/C20H28N2O3/c1-25-20-8-6-17(23)12-18(20)22(11-9-20)19(24)14-21-10-7-15-4-2-3-5-16(15)13-21/h2-5,17-18,23H,6-14H2,1H3/t17-,18-,20+/m0/s1. The molecule has 3 atom stereocenters. The number of fused-ring (bicyclic) bond motifs is 2. The molecule has 0 spiro atoms. The molecule has 1 aliphatic carbocycles. The lowest BCUT2D eigenvalue weighted by Crippen LogP contribution is -2.54. The van der Waals surface area contributed by atoms with Gasteiger partial charge in [0.1, 0.15) is 0 Å². The van der Waals surface area contributed by atoms with E-state index >= 15 is 0 Å². The molecule has 1 saturated carbocycles. The first-order valence-corrected chi connectivity index (χ1v) is 9.43. The van der Waals surface area contributed by atoms with E-state index in [1.807, 2.05) is 4.90 Å². The third-order valence-corrected chi connectivity index (χ3v) is 6.45. The van der Waals surface area contributed by atoms with E-state index in [0.29, 0.717) is 13.0 Å². The summed E-state index contributed by atoms with van der Waals surface area (Å²) >= 11 is 0. The van der Waals surface area contributed by atoms with Gasteiger partial charge < -0.3 is 14.7 Å². The van der Waals surface area contributed by atoms with Crippen LogP contribution in [0, 0.1) is 0 Å². The van der Waals surface area contributed by atoms with Crippen LogP contribution in [0.4, 0.5) is 0 Å². The van der Waals surface area contributed by atoms with Gasteiger partial charge in [-0.2, -0.15) is 0 Å². The third-order valence-electron chi connectivity index (χ3n) is 6.45. The topological polar surface area (TPSA) is 53.0 Å². The summed E-state index contributed by atoms with van der Waals surface area (Å²) in [4.78, 5) is 17.2.